The van der Waals surface area contributed by atoms with E-state index in [1.807, 2.05) is 36.4 Å². The van der Waals surface area contributed by atoms with Gasteiger partial charge in [-0.15, -0.1) is 0 Å². The summed E-state index contributed by atoms with van der Waals surface area (Å²) in [6.07, 6.45) is 8.33. The maximum absolute atomic E-state index is 15.0. The summed E-state index contributed by atoms with van der Waals surface area (Å²) in [5, 5.41) is 0. The average molecular weight is 463 g/mol. The summed E-state index contributed by atoms with van der Waals surface area (Å²) in [6, 6.07) is 16.4. The molecule has 1 saturated heterocycles. The van der Waals surface area contributed by atoms with Gasteiger partial charge in [0.05, 0.1) is 6.61 Å². The van der Waals surface area contributed by atoms with Gasteiger partial charge in [-0.3, -0.25) is 0 Å². The zero-order valence-electron chi connectivity index (χ0n) is 19.4. The molecule has 0 amide bonds. The van der Waals surface area contributed by atoms with Crippen LogP contribution in [0.5, 0.6) is 0 Å². The number of epoxide rings is 1. The van der Waals surface area contributed by atoms with Crippen molar-refractivity contribution in [1.29, 1.82) is 0 Å². The highest BCUT2D eigenvalue weighted by atomic mass is 19.2. The lowest BCUT2D eigenvalue weighted by atomic mass is 9.78. The third-order valence-electron chi connectivity index (χ3n) is 7.26. The number of benzene rings is 3. The van der Waals surface area contributed by atoms with Gasteiger partial charge in [-0.25, -0.2) is 13.2 Å². The van der Waals surface area contributed by atoms with Crippen LogP contribution in [0.2, 0.25) is 0 Å². The van der Waals surface area contributed by atoms with Gasteiger partial charge in [0, 0.05) is 11.1 Å². The molecule has 0 aromatic heterocycles. The normalized spacial score (nSPS) is 22.3. The molecule has 0 N–H and O–H groups in total. The predicted molar refractivity (Wildman–Crippen MR) is 130 cm³/mol. The fraction of sp³-hybridized carbons (Fsp3) is 0.333. The number of aryl methyl sites for hydroxylation is 1. The van der Waals surface area contributed by atoms with E-state index in [1.165, 1.54) is 5.56 Å². The molecule has 2 fully saturated rings. The molecule has 176 valence electrons. The monoisotopic (exact) mass is 462 g/mol. The number of ether oxygens (including phenoxy) is 1. The van der Waals surface area contributed by atoms with Crippen molar-refractivity contribution in [1.82, 2.24) is 0 Å². The lowest BCUT2D eigenvalue weighted by Crippen LogP contribution is -2.13. The maximum atomic E-state index is 15.0. The van der Waals surface area contributed by atoms with Crippen LogP contribution in [-0.2, 0) is 11.2 Å². The van der Waals surface area contributed by atoms with Gasteiger partial charge in [-0.1, -0.05) is 67.6 Å². The largest absolute Gasteiger partial charge is 0.368 e. The summed E-state index contributed by atoms with van der Waals surface area (Å²) in [7, 11) is 0. The molecule has 1 aliphatic carbocycles. The quantitative estimate of drug-likeness (QED) is 0.335. The Balaban J connectivity index is 1.23. The van der Waals surface area contributed by atoms with Gasteiger partial charge in [0.15, 0.2) is 11.6 Å². The Morgan fingerprint density at radius 3 is 2.21 bits per heavy atom. The lowest BCUT2D eigenvalue weighted by Gasteiger charge is -2.27. The van der Waals surface area contributed by atoms with Gasteiger partial charge in [0.2, 0.25) is 0 Å². The zero-order chi connectivity index (χ0) is 23.7. The van der Waals surface area contributed by atoms with E-state index in [4.69, 9.17) is 4.74 Å². The molecule has 3 aromatic carbocycles. The molecule has 2 aliphatic rings. The number of halogens is 3. The second-order valence-corrected chi connectivity index (χ2v) is 9.45. The van der Waals surface area contributed by atoms with Crippen LogP contribution in [0, 0.1) is 23.4 Å². The van der Waals surface area contributed by atoms with E-state index in [0.29, 0.717) is 34.8 Å². The van der Waals surface area contributed by atoms with E-state index in [2.05, 4.69) is 13.0 Å². The van der Waals surface area contributed by atoms with Crippen LogP contribution in [-0.4, -0.2) is 6.61 Å². The summed E-state index contributed by atoms with van der Waals surface area (Å²) in [4.78, 5) is 0. The van der Waals surface area contributed by atoms with Gasteiger partial charge in [-0.05, 0) is 72.3 Å². The summed E-state index contributed by atoms with van der Waals surface area (Å²) >= 11 is 0. The minimum absolute atomic E-state index is 0.0194. The van der Waals surface area contributed by atoms with Crippen molar-refractivity contribution in [3.8, 4) is 11.1 Å². The van der Waals surface area contributed by atoms with Crippen LogP contribution < -0.4 is 0 Å². The SMILES string of the molecule is CCc1ccc(-c2ccc(C3CCC(/C=C/c4ccc(C5CO5)c(F)c4)CC3)c(F)c2F)cc1. The van der Waals surface area contributed by atoms with Crippen molar-refractivity contribution in [2.45, 2.75) is 51.0 Å². The maximum Gasteiger partial charge on any atom is 0.166 e. The molecule has 0 bridgehead atoms. The van der Waals surface area contributed by atoms with Crippen LogP contribution in [0.1, 0.15) is 66.9 Å². The van der Waals surface area contributed by atoms with Crippen LogP contribution in [0.25, 0.3) is 17.2 Å². The number of rotatable bonds is 6. The van der Waals surface area contributed by atoms with Crippen molar-refractivity contribution in [3.05, 3.63) is 100 Å². The smallest absolute Gasteiger partial charge is 0.166 e. The summed E-state index contributed by atoms with van der Waals surface area (Å²) < 4.78 is 49.4. The highest BCUT2D eigenvalue weighted by molar-refractivity contribution is 5.65. The Morgan fingerprint density at radius 1 is 0.853 bits per heavy atom. The molecule has 1 heterocycles. The summed E-state index contributed by atoms with van der Waals surface area (Å²) in [6.45, 7) is 2.66. The first kappa shape index (κ1) is 22.9. The van der Waals surface area contributed by atoms with E-state index >= 15 is 4.39 Å². The minimum atomic E-state index is -0.758. The molecule has 5 rings (SSSR count). The van der Waals surface area contributed by atoms with E-state index in [9.17, 15) is 8.78 Å². The van der Waals surface area contributed by atoms with Gasteiger partial charge >= 0.3 is 0 Å². The zero-order valence-corrected chi connectivity index (χ0v) is 19.4. The molecule has 4 heteroatoms. The van der Waals surface area contributed by atoms with Gasteiger partial charge in [0.1, 0.15) is 11.9 Å². The molecule has 1 aliphatic heterocycles. The van der Waals surface area contributed by atoms with Crippen molar-refractivity contribution < 1.29 is 17.9 Å². The summed E-state index contributed by atoms with van der Waals surface area (Å²) in [5.41, 5.74) is 4.11. The first-order valence-corrected chi connectivity index (χ1v) is 12.2. The highest BCUT2D eigenvalue weighted by Crippen LogP contribution is 2.39. The molecule has 3 aromatic rings. The van der Waals surface area contributed by atoms with Crippen LogP contribution in [0.3, 0.4) is 0 Å². The third kappa shape index (κ3) is 4.83. The Labute approximate surface area is 199 Å². The fourth-order valence-electron chi connectivity index (χ4n) is 5.03. The molecule has 1 atom stereocenters. The molecule has 34 heavy (non-hydrogen) atoms. The second-order valence-electron chi connectivity index (χ2n) is 9.45. The number of hydrogen-bond acceptors (Lipinski definition) is 1. The highest BCUT2D eigenvalue weighted by Gasteiger charge is 2.28. The van der Waals surface area contributed by atoms with Crippen LogP contribution in [0.4, 0.5) is 13.2 Å². The van der Waals surface area contributed by atoms with E-state index in [1.54, 1.807) is 24.3 Å². The minimum Gasteiger partial charge on any atom is -0.368 e. The molecule has 1 nitrogen and oxygen atoms in total. The van der Waals surface area contributed by atoms with Gasteiger partial charge in [-0.2, -0.15) is 0 Å². The van der Waals surface area contributed by atoms with Crippen molar-refractivity contribution in [2.75, 3.05) is 6.61 Å². The second kappa shape index (κ2) is 9.79. The van der Waals surface area contributed by atoms with Crippen molar-refractivity contribution >= 4 is 6.08 Å². The van der Waals surface area contributed by atoms with Crippen LogP contribution >= 0.6 is 0 Å². The van der Waals surface area contributed by atoms with Crippen molar-refractivity contribution in [2.24, 2.45) is 5.92 Å². The molecular weight excluding hydrogens is 433 g/mol. The molecule has 0 spiro atoms. The topological polar surface area (TPSA) is 12.5 Å². The van der Waals surface area contributed by atoms with Gasteiger partial charge < -0.3 is 4.74 Å². The molecule has 1 unspecified atom stereocenters. The van der Waals surface area contributed by atoms with Crippen LogP contribution in [0.15, 0.2) is 60.7 Å². The number of allylic oxidation sites excluding steroid dienone is 1. The first-order valence-electron chi connectivity index (χ1n) is 12.2. The Kier molecular flexibility index (Phi) is 6.60. The van der Waals surface area contributed by atoms with Crippen molar-refractivity contribution in [3.63, 3.8) is 0 Å². The standard InChI is InChI=1S/C30H29F3O/c1-2-19-5-10-22(11-6-19)24-15-16-25(30(33)29(24)32)23-12-7-20(8-13-23)3-4-21-9-14-26(27(31)17-21)28-18-34-28/h3-6,9-11,14-17,20,23,28H,2,7-8,12-13,18H2,1H3/b4-3+. The average Bonchev–Trinajstić information content (AvgIpc) is 3.70. The summed E-state index contributed by atoms with van der Waals surface area (Å²) in [5.74, 6) is -1.33. The van der Waals surface area contributed by atoms with Gasteiger partial charge in [0.25, 0.3) is 0 Å². The lowest BCUT2D eigenvalue weighted by molar-refractivity contribution is 0.365. The van der Waals surface area contributed by atoms with E-state index in [0.717, 1.165) is 37.7 Å². The Hall–Kier alpha value is -2.85. The third-order valence-corrected chi connectivity index (χ3v) is 7.26. The molecule has 0 radical (unpaired) electrons. The van der Waals surface area contributed by atoms with E-state index in [-0.39, 0.29) is 17.8 Å². The molecule has 1 saturated carbocycles. The molecular formula is C30H29F3O. The Morgan fingerprint density at radius 2 is 1.56 bits per heavy atom. The Bertz CT molecular complexity index is 1190. The first-order chi connectivity index (χ1) is 16.5. The fourth-order valence-corrected chi connectivity index (χ4v) is 5.03. The predicted octanol–water partition coefficient (Wildman–Crippen LogP) is 8.39. The van der Waals surface area contributed by atoms with E-state index < -0.39 is 11.6 Å². The number of hydrogen-bond donors (Lipinski definition) is 0.